The summed E-state index contributed by atoms with van der Waals surface area (Å²) in [5.74, 6) is -0.247. The van der Waals surface area contributed by atoms with Gasteiger partial charge in [-0.1, -0.05) is 0 Å². The Balaban J connectivity index is 2.51. The van der Waals surface area contributed by atoms with Gasteiger partial charge in [-0.2, -0.15) is 0 Å². The lowest BCUT2D eigenvalue weighted by Gasteiger charge is -2.33. The summed E-state index contributed by atoms with van der Waals surface area (Å²) in [5.41, 5.74) is -0.525. The van der Waals surface area contributed by atoms with Gasteiger partial charge in [-0.15, -0.1) is 0 Å². The highest BCUT2D eigenvalue weighted by atomic mass is 16.6. The fourth-order valence-corrected chi connectivity index (χ4v) is 2.20. The molecule has 0 radical (unpaired) electrons. The molecule has 1 fully saturated rings. The zero-order valence-electron chi connectivity index (χ0n) is 12.8. The van der Waals surface area contributed by atoms with E-state index in [-0.39, 0.29) is 24.5 Å². The molecule has 2 N–H and O–H groups in total. The van der Waals surface area contributed by atoms with Crippen molar-refractivity contribution < 1.29 is 19.1 Å². The molecule has 0 bridgehead atoms. The molecular weight excluding hydrogens is 260 g/mol. The number of alkyl carbamates (subject to hydrolysis) is 1. The van der Waals surface area contributed by atoms with E-state index in [0.717, 1.165) is 19.4 Å². The first-order valence-corrected chi connectivity index (χ1v) is 7.20. The minimum Gasteiger partial charge on any atom is -0.466 e. The number of piperidine rings is 1. The maximum atomic E-state index is 11.8. The number of carbonyl (C=O) groups excluding carboxylic acids is 2. The first kappa shape index (κ1) is 16.8. The number of rotatable bonds is 4. The monoisotopic (exact) mass is 286 g/mol. The SMILES string of the molecule is CCOC(=O)C[C@H]1NCCC[C@H]1NC(=O)OC(C)(C)C. The van der Waals surface area contributed by atoms with Crippen molar-refractivity contribution in [3.05, 3.63) is 0 Å². The van der Waals surface area contributed by atoms with Crippen LogP contribution in [0.25, 0.3) is 0 Å². The number of esters is 1. The van der Waals surface area contributed by atoms with E-state index in [1.807, 2.05) is 20.8 Å². The van der Waals surface area contributed by atoms with Gasteiger partial charge in [-0.25, -0.2) is 4.79 Å². The van der Waals surface area contributed by atoms with Gasteiger partial charge >= 0.3 is 12.1 Å². The second-order valence-corrected chi connectivity index (χ2v) is 5.96. The van der Waals surface area contributed by atoms with Gasteiger partial charge in [0.25, 0.3) is 0 Å². The quantitative estimate of drug-likeness (QED) is 0.767. The molecule has 0 aromatic heterocycles. The second-order valence-electron chi connectivity index (χ2n) is 5.96. The number of hydrogen-bond acceptors (Lipinski definition) is 5. The Hall–Kier alpha value is -1.30. The molecule has 1 aliphatic rings. The molecule has 1 heterocycles. The third-order valence-corrected chi connectivity index (χ3v) is 2.98. The average molecular weight is 286 g/mol. The summed E-state index contributed by atoms with van der Waals surface area (Å²) in [6.07, 6.45) is 1.60. The van der Waals surface area contributed by atoms with Gasteiger partial charge in [-0.3, -0.25) is 4.79 Å². The molecular formula is C14H26N2O4. The Kier molecular flexibility index (Phi) is 6.26. The highest BCUT2D eigenvalue weighted by Crippen LogP contribution is 2.14. The summed E-state index contributed by atoms with van der Waals surface area (Å²) < 4.78 is 10.2. The standard InChI is InChI=1S/C14H26N2O4/c1-5-19-12(17)9-11-10(7-6-8-15-11)16-13(18)20-14(2,3)4/h10-11,15H,5-9H2,1-4H3,(H,16,18)/t10-,11-/m1/s1. The lowest BCUT2D eigenvalue weighted by molar-refractivity contribution is -0.144. The molecule has 1 saturated heterocycles. The molecule has 1 aliphatic heterocycles. The minimum atomic E-state index is -0.525. The average Bonchev–Trinajstić information content (AvgIpc) is 2.29. The van der Waals surface area contributed by atoms with Crippen LogP contribution >= 0.6 is 0 Å². The van der Waals surface area contributed by atoms with Gasteiger partial charge in [0.15, 0.2) is 0 Å². The molecule has 20 heavy (non-hydrogen) atoms. The molecule has 1 amide bonds. The summed E-state index contributed by atoms with van der Waals surface area (Å²) in [4.78, 5) is 23.4. The Labute approximate surface area is 120 Å². The minimum absolute atomic E-state index is 0.102. The number of hydrogen-bond donors (Lipinski definition) is 2. The van der Waals surface area contributed by atoms with Gasteiger partial charge in [0.1, 0.15) is 5.60 Å². The van der Waals surface area contributed by atoms with Crippen LogP contribution in [-0.2, 0) is 14.3 Å². The van der Waals surface area contributed by atoms with Crippen LogP contribution in [-0.4, -0.2) is 42.9 Å². The normalized spacial score (nSPS) is 23.0. The van der Waals surface area contributed by atoms with E-state index in [9.17, 15) is 9.59 Å². The Morgan fingerprint density at radius 3 is 2.65 bits per heavy atom. The summed E-state index contributed by atoms with van der Waals surface area (Å²) in [5, 5.41) is 6.10. The highest BCUT2D eigenvalue weighted by Gasteiger charge is 2.29. The van der Waals surface area contributed by atoms with Gasteiger partial charge in [-0.05, 0) is 47.1 Å². The van der Waals surface area contributed by atoms with Crippen LogP contribution in [0.1, 0.15) is 47.0 Å². The predicted octanol–water partition coefficient (Wildman–Crippen LogP) is 1.58. The number of carbonyl (C=O) groups is 2. The van der Waals surface area contributed by atoms with Crippen molar-refractivity contribution in [1.82, 2.24) is 10.6 Å². The lowest BCUT2D eigenvalue weighted by Crippen LogP contribution is -2.55. The van der Waals surface area contributed by atoms with Gasteiger partial charge in [0.2, 0.25) is 0 Å². The van der Waals surface area contributed by atoms with Crippen molar-refractivity contribution >= 4 is 12.1 Å². The van der Waals surface area contributed by atoms with Crippen LogP contribution in [0.5, 0.6) is 0 Å². The Morgan fingerprint density at radius 1 is 1.35 bits per heavy atom. The molecule has 6 nitrogen and oxygen atoms in total. The molecule has 0 aromatic rings. The van der Waals surface area contributed by atoms with E-state index >= 15 is 0 Å². The zero-order chi connectivity index (χ0) is 15.2. The number of amides is 1. The molecule has 1 rings (SSSR count). The van der Waals surface area contributed by atoms with Gasteiger partial charge < -0.3 is 20.1 Å². The van der Waals surface area contributed by atoms with Crippen LogP contribution in [0.2, 0.25) is 0 Å². The second kappa shape index (κ2) is 7.47. The summed E-state index contributed by atoms with van der Waals surface area (Å²) in [7, 11) is 0. The molecule has 0 aliphatic carbocycles. The van der Waals surface area contributed by atoms with Crippen molar-refractivity contribution in [3.8, 4) is 0 Å². The first-order chi connectivity index (χ1) is 9.31. The molecule has 0 spiro atoms. The van der Waals surface area contributed by atoms with E-state index in [4.69, 9.17) is 9.47 Å². The summed E-state index contributed by atoms with van der Waals surface area (Å²) >= 11 is 0. The largest absolute Gasteiger partial charge is 0.466 e. The third-order valence-electron chi connectivity index (χ3n) is 2.98. The predicted molar refractivity (Wildman–Crippen MR) is 75.4 cm³/mol. The number of nitrogens with one attached hydrogen (secondary N) is 2. The first-order valence-electron chi connectivity index (χ1n) is 7.20. The fraction of sp³-hybridized carbons (Fsp3) is 0.857. The molecule has 2 atom stereocenters. The van der Waals surface area contributed by atoms with E-state index in [1.165, 1.54) is 0 Å². The van der Waals surface area contributed by atoms with Crippen LogP contribution in [0.15, 0.2) is 0 Å². The van der Waals surface area contributed by atoms with E-state index in [0.29, 0.717) is 6.61 Å². The van der Waals surface area contributed by atoms with Crippen molar-refractivity contribution in [2.75, 3.05) is 13.2 Å². The summed E-state index contributed by atoms with van der Waals surface area (Å²) in [6.45, 7) is 8.46. The van der Waals surface area contributed by atoms with Gasteiger partial charge in [0.05, 0.1) is 13.0 Å². The van der Waals surface area contributed by atoms with Crippen LogP contribution in [0.3, 0.4) is 0 Å². The maximum Gasteiger partial charge on any atom is 0.407 e. The van der Waals surface area contributed by atoms with Crippen LogP contribution < -0.4 is 10.6 Å². The molecule has 116 valence electrons. The van der Waals surface area contributed by atoms with E-state index in [2.05, 4.69) is 10.6 Å². The topological polar surface area (TPSA) is 76.7 Å². The maximum absolute atomic E-state index is 11.8. The molecule has 0 saturated carbocycles. The smallest absolute Gasteiger partial charge is 0.407 e. The summed E-state index contributed by atoms with van der Waals surface area (Å²) in [6, 6.07) is -0.210. The fourth-order valence-electron chi connectivity index (χ4n) is 2.20. The van der Waals surface area contributed by atoms with Crippen molar-refractivity contribution in [2.24, 2.45) is 0 Å². The van der Waals surface area contributed by atoms with Crippen molar-refractivity contribution in [1.29, 1.82) is 0 Å². The highest BCUT2D eigenvalue weighted by molar-refractivity contribution is 5.71. The van der Waals surface area contributed by atoms with Crippen molar-refractivity contribution in [2.45, 2.75) is 64.6 Å². The molecule has 0 aromatic carbocycles. The number of ether oxygens (including phenoxy) is 2. The van der Waals surface area contributed by atoms with Crippen molar-refractivity contribution in [3.63, 3.8) is 0 Å². The Bertz CT molecular complexity index is 339. The van der Waals surface area contributed by atoms with E-state index < -0.39 is 11.7 Å². The lowest BCUT2D eigenvalue weighted by atomic mass is 9.96. The van der Waals surface area contributed by atoms with E-state index in [1.54, 1.807) is 6.92 Å². The third kappa shape index (κ3) is 6.23. The zero-order valence-corrected chi connectivity index (χ0v) is 12.8. The molecule has 0 unspecified atom stereocenters. The Morgan fingerprint density at radius 2 is 2.05 bits per heavy atom. The molecule has 6 heteroatoms. The van der Waals surface area contributed by atoms with Crippen LogP contribution in [0.4, 0.5) is 4.79 Å². The van der Waals surface area contributed by atoms with Crippen LogP contribution in [0, 0.1) is 0 Å². The van der Waals surface area contributed by atoms with Gasteiger partial charge in [0, 0.05) is 12.1 Å².